The predicted octanol–water partition coefficient (Wildman–Crippen LogP) is 3.26. The van der Waals surface area contributed by atoms with E-state index < -0.39 is 6.10 Å². The summed E-state index contributed by atoms with van der Waals surface area (Å²) in [7, 11) is 0. The molecule has 2 aromatic carbocycles. The molecule has 2 rings (SSSR count). The summed E-state index contributed by atoms with van der Waals surface area (Å²) in [5.41, 5.74) is 3.32. The van der Waals surface area contributed by atoms with Crippen molar-refractivity contribution >= 4 is 28.9 Å². The number of halogens is 1. The van der Waals surface area contributed by atoms with E-state index in [1.807, 2.05) is 43.3 Å². The first kappa shape index (κ1) is 16.3. The number of hydrogen-bond donors (Lipinski definition) is 3. The third kappa shape index (κ3) is 4.76. The van der Waals surface area contributed by atoms with E-state index in [1.54, 1.807) is 12.1 Å². The van der Waals surface area contributed by atoms with Crippen molar-refractivity contribution in [3.8, 4) is 0 Å². The fourth-order valence-electron chi connectivity index (χ4n) is 1.87. The molecule has 116 valence electrons. The molecule has 1 atom stereocenters. The van der Waals surface area contributed by atoms with Crippen molar-refractivity contribution in [3.05, 3.63) is 59.7 Å². The van der Waals surface area contributed by atoms with Gasteiger partial charge in [-0.15, -0.1) is 11.6 Å². The average molecular weight is 319 g/mol. The van der Waals surface area contributed by atoms with Crippen LogP contribution in [0.2, 0.25) is 0 Å². The number of rotatable bonds is 6. The fourth-order valence-corrected chi connectivity index (χ4v) is 1.98. The maximum atomic E-state index is 12.1. The second kappa shape index (κ2) is 7.82. The minimum atomic E-state index is -0.581. The van der Waals surface area contributed by atoms with E-state index in [0.717, 1.165) is 11.3 Å². The molecule has 1 unspecified atom stereocenters. The van der Waals surface area contributed by atoms with Gasteiger partial charge in [0.1, 0.15) is 0 Å². The predicted molar refractivity (Wildman–Crippen MR) is 90.8 cm³/mol. The number of aliphatic hydroxyl groups excluding tert-OH is 1. The van der Waals surface area contributed by atoms with Gasteiger partial charge in [-0.25, -0.2) is 0 Å². The molecule has 0 radical (unpaired) electrons. The van der Waals surface area contributed by atoms with Crippen LogP contribution in [-0.4, -0.2) is 29.5 Å². The number of anilines is 2. The van der Waals surface area contributed by atoms with E-state index in [1.165, 1.54) is 0 Å². The van der Waals surface area contributed by atoms with Gasteiger partial charge in [-0.1, -0.05) is 17.7 Å². The normalized spacial score (nSPS) is 11.8. The minimum absolute atomic E-state index is 0.140. The summed E-state index contributed by atoms with van der Waals surface area (Å²) < 4.78 is 0. The summed E-state index contributed by atoms with van der Waals surface area (Å²) in [5, 5.41) is 15.3. The van der Waals surface area contributed by atoms with Crippen LogP contribution in [0.3, 0.4) is 0 Å². The summed E-state index contributed by atoms with van der Waals surface area (Å²) in [6, 6.07) is 14.7. The lowest BCUT2D eigenvalue weighted by Crippen LogP contribution is -2.20. The van der Waals surface area contributed by atoms with Gasteiger partial charge in [0.05, 0.1) is 12.0 Å². The Labute approximate surface area is 135 Å². The molecule has 22 heavy (non-hydrogen) atoms. The number of benzene rings is 2. The Bertz CT molecular complexity index is 612. The molecule has 0 saturated heterocycles. The number of hydrogen-bond acceptors (Lipinski definition) is 3. The van der Waals surface area contributed by atoms with E-state index >= 15 is 0 Å². The van der Waals surface area contributed by atoms with Crippen LogP contribution < -0.4 is 10.6 Å². The molecule has 2 aromatic rings. The van der Waals surface area contributed by atoms with Crippen LogP contribution in [0.4, 0.5) is 11.4 Å². The quantitative estimate of drug-likeness (QED) is 0.716. The van der Waals surface area contributed by atoms with Crippen molar-refractivity contribution in [2.24, 2.45) is 0 Å². The van der Waals surface area contributed by atoms with Gasteiger partial charge in [0.15, 0.2) is 0 Å². The number of carbonyl (C=O) groups is 1. The van der Waals surface area contributed by atoms with Crippen LogP contribution in [-0.2, 0) is 0 Å². The third-order valence-electron chi connectivity index (χ3n) is 3.18. The maximum Gasteiger partial charge on any atom is 0.255 e. The Balaban J connectivity index is 1.93. The highest BCUT2D eigenvalue weighted by molar-refractivity contribution is 6.18. The zero-order chi connectivity index (χ0) is 15.9. The second-order valence-corrected chi connectivity index (χ2v) is 5.40. The van der Waals surface area contributed by atoms with Crippen molar-refractivity contribution in [1.29, 1.82) is 0 Å². The summed E-state index contributed by atoms with van der Waals surface area (Å²) in [4.78, 5) is 12.1. The molecule has 3 N–H and O–H groups in total. The lowest BCUT2D eigenvalue weighted by molar-refractivity contribution is 0.102. The van der Waals surface area contributed by atoms with Gasteiger partial charge < -0.3 is 15.7 Å². The molecule has 0 bridgehead atoms. The second-order valence-electron chi connectivity index (χ2n) is 5.09. The van der Waals surface area contributed by atoms with Crippen LogP contribution in [0.1, 0.15) is 15.9 Å². The van der Waals surface area contributed by atoms with Gasteiger partial charge in [-0.2, -0.15) is 0 Å². The van der Waals surface area contributed by atoms with Gasteiger partial charge >= 0.3 is 0 Å². The monoisotopic (exact) mass is 318 g/mol. The van der Waals surface area contributed by atoms with Crippen molar-refractivity contribution in [3.63, 3.8) is 0 Å². The van der Waals surface area contributed by atoms with E-state index in [-0.39, 0.29) is 11.8 Å². The SMILES string of the molecule is Cc1ccc(C(=O)Nc2ccc(NCC(O)CCl)cc2)cc1. The Kier molecular flexibility index (Phi) is 5.81. The van der Waals surface area contributed by atoms with E-state index in [4.69, 9.17) is 11.6 Å². The summed E-state index contributed by atoms with van der Waals surface area (Å²) >= 11 is 5.53. The highest BCUT2D eigenvalue weighted by Crippen LogP contribution is 2.15. The van der Waals surface area contributed by atoms with Crippen molar-refractivity contribution in [2.75, 3.05) is 23.1 Å². The molecule has 0 aromatic heterocycles. The lowest BCUT2D eigenvalue weighted by atomic mass is 10.1. The van der Waals surface area contributed by atoms with Crippen molar-refractivity contribution in [2.45, 2.75) is 13.0 Å². The highest BCUT2D eigenvalue weighted by Gasteiger charge is 2.06. The molecule has 0 fully saturated rings. The smallest absolute Gasteiger partial charge is 0.255 e. The van der Waals surface area contributed by atoms with E-state index in [2.05, 4.69) is 10.6 Å². The van der Waals surface area contributed by atoms with Crippen LogP contribution in [0, 0.1) is 6.92 Å². The fraction of sp³-hybridized carbons (Fsp3) is 0.235. The van der Waals surface area contributed by atoms with Gasteiger partial charge in [0, 0.05) is 23.5 Å². The summed E-state index contributed by atoms with van der Waals surface area (Å²) in [6.07, 6.45) is -0.581. The first-order valence-corrected chi connectivity index (χ1v) is 7.58. The summed E-state index contributed by atoms with van der Waals surface area (Å²) in [6.45, 7) is 2.37. The molecule has 1 amide bonds. The third-order valence-corrected chi connectivity index (χ3v) is 3.53. The molecule has 0 heterocycles. The Morgan fingerprint density at radius 3 is 2.27 bits per heavy atom. The van der Waals surface area contributed by atoms with Crippen LogP contribution in [0.5, 0.6) is 0 Å². The number of carbonyl (C=O) groups excluding carboxylic acids is 1. The zero-order valence-electron chi connectivity index (χ0n) is 12.3. The molecule has 0 aliphatic heterocycles. The highest BCUT2D eigenvalue weighted by atomic mass is 35.5. The Morgan fingerprint density at radius 1 is 1.09 bits per heavy atom. The number of alkyl halides is 1. The van der Waals surface area contributed by atoms with E-state index in [9.17, 15) is 9.90 Å². The van der Waals surface area contributed by atoms with Gasteiger partial charge in [-0.05, 0) is 43.3 Å². The molecule has 0 aliphatic carbocycles. The van der Waals surface area contributed by atoms with Gasteiger partial charge in [0.25, 0.3) is 5.91 Å². The first-order valence-electron chi connectivity index (χ1n) is 7.04. The molecule has 0 saturated carbocycles. The number of aryl methyl sites for hydroxylation is 1. The van der Waals surface area contributed by atoms with Crippen LogP contribution >= 0.6 is 11.6 Å². The number of aliphatic hydroxyl groups is 1. The molecule has 4 nitrogen and oxygen atoms in total. The lowest BCUT2D eigenvalue weighted by Gasteiger charge is -2.11. The van der Waals surface area contributed by atoms with Gasteiger partial charge in [-0.3, -0.25) is 4.79 Å². The van der Waals surface area contributed by atoms with Crippen LogP contribution in [0.15, 0.2) is 48.5 Å². The molecular formula is C17H19ClN2O2. The van der Waals surface area contributed by atoms with Crippen molar-refractivity contribution in [1.82, 2.24) is 0 Å². The standard InChI is InChI=1S/C17H19ClN2O2/c1-12-2-4-13(5-3-12)17(22)20-15-8-6-14(7-9-15)19-11-16(21)10-18/h2-9,16,19,21H,10-11H2,1H3,(H,20,22). The minimum Gasteiger partial charge on any atom is -0.390 e. The largest absolute Gasteiger partial charge is 0.390 e. The molecular weight excluding hydrogens is 300 g/mol. The van der Waals surface area contributed by atoms with Crippen molar-refractivity contribution < 1.29 is 9.90 Å². The van der Waals surface area contributed by atoms with Gasteiger partial charge in [0.2, 0.25) is 0 Å². The molecule has 0 spiro atoms. The Morgan fingerprint density at radius 2 is 1.68 bits per heavy atom. The van der Waals surface area contributed by atoms with Crippen LogP contribution in [0.25, 0.3) is 0 Å². The first-order chi connectivity index (χ1) is 10.6. The number of amides is 1. The van der Waals surface area contributed by atoms with E-state index in [0.29, 0.717) is 17.8 Å². The zero-order valence-corrected chi connectivity index (χ0v) is 13.1. The maximum absolute atomic E-state index is 12.1. The number of nitrogens with one attached hydrogen (secondary N) is 2. The average Bonchev–Trinajstić information content (AvgIpc) is 2.54. The Hall–Kier alpha value is -2.04. The topological polar surface area (TPSA) is 61.4 Å². The molecule has 5 heteroatoms. The summed E-state index contributed by atoms with van der Waals surface area (Å²) in [5.74, 6) is 0.0517. The molecule has 0 aliphatic rings.